The van der Waals surface area contributed by atoms with Crippen molar-refractivity contribution in [1.29, 1.82) is 0 Å². The molecule has 0 amide bonds. The van der Waals surface area contributed by atoms with Gasteiger partial charge in [-0.15, -0.1) is 0 Å². The first-order valence-corrected chi connectivity index (χ1v) is 6.25. The molecule has 0 aromatic heterocycles. The third-order valence-electron chi connectivity index (χ3n) is 3.51. The number of aliphatic hydroxyl groups is 1. The van der Waals surface area contributed by atoms with E-state index in [1.165, 1.54) is 6.07 Å². The van der Waals surface area contributed by atoms with Gasteiger partial charge < -0.3 is 5.11 Å². The summed E-state index contributed by atoms with van der Waals surface area (Å²) in [5.41, 5.74) is 0.193. The Morgan fingerprint density at radius 2 is 2.06 bits per heavy atom. The van der Waals surface area contributed by atoms with Crippen molar-refractivity contribution >= 4 is 0 Å². The Kier molecular flexibility index (Phi) is 3.79. The van der Waals surface area contributed by atoms with Crippen LogP contribution in [0, 0.1) is 5.82 Å². The van der Waals surface area contributed by atoms with Crippen molar-refractivity contribution in [3.8, 4) is 0 Å². The Morgan fingerprint density at radius 3 is 2.82 bits per heavy atom. The fraction of sp³-hybridized carbons (Fsp3) is 0.571. The third kappa shape index (κ3) is 3.51. The molecule has 1 aromatic carbocycles. The summed E-state index contributed by atoms with van der Waals surface area (Å²) >= 11 is 0. The van der Waals surface area contributed by atoms with Crippen molar-refractivity contribution in [1.82, 2.24) is 4.90 Å². The SMILES string of the molecule is CC1(O)CCCN(Cc2ccccc2F)CC1. The highest BCUT2D eigenvalue weighted by atomic mass is 19.1. The van der Waals surface area contributed by atoms with Crippen LogP contribution in [0.25, 0.3) is 0 Å². The molecule has 1 atom stereocenters. The molecule has 1 aromatic rings. The Labute approximate surface area is 102 Å². The number of likely N-dealkylation sites (tertiary alicyclic amines) is 1. The number of nitrogens with zero attached hydrogens (tertiary/aromatic N) is 1. The van der Waals surface area contributed by atoms with Crippen molar-refractivity contribution in [3.63, 3.8) is 0 Å². The Morgan fingerprint density at radius 1 is 1.29 bits per heavy atom. The molecule has 0 bridgehead atoms. The van der Waals surface area contributed by atoms with E-state index in [1.807, 2.05) is 19.1 Å². The van der Waals surface area contributed by atoms with Crippen molar-refractivity contribution in [2.75, 3.05) is 13.1 Å². The predicted octanol–water partition coefficient (Wildman–Crippen LogP) is 2.56. The average molecular weight is 237 g/mol. The summed E-state index contributed by atoms with van der Waals surface area (Å²) in [7, 11) is 0. The molecule has 1 unspecified atom stereocenters. The van der Waals surface area contributed by atoms with Crippen LogP contribution in [0.2, 0.25) is 0 Å². The van der Waals surface area contributed by atoms with Crippen LogP contribution in [0.4, 0.5) is 4.39 Å². The molecule has 2 nitrogen and oxygen atoms in total. The number of hydrogen-bond acceptors (Lipinski definition) is 2. The second-order valence-corrected chi connectivity index (χ2v) is 5.22. The second-order valence-electron chi connectivity index (χ2n) is 5.22. The van der Waals surface area contributed by atoms with Gasteiger partial charge in [0, 0.05) is 18.7 Å². The normalized spacial score (nSPS) is 26.8. The Bertz CT molecular complexity index is 378. The van der Waals surface area contributed by atoms with Crippen molar-refractivity contribution in [2.45, 2.75) is 38.3 Å². The molecule has 94 valence electrons. The molecule has 1 N–H and O–H groups in total. The number of benzene rings is 1. The lowest BCUT2D eigenvalue weighted by Gasteiger charge is -2.22. The summed E-state index contributed by atoms with van der Waals surface area (Å²) < 4.78 is 13.5. The average Bonchev–Trinajstić information content (AvgIpc) is 2.44. The molecule has 0 spiro atoms. The first-order chi connectivity index (χ1) is 8.07. The molecule has 1 saturated heterocycles. The van der Waals surface area contributed by atoms with Crippen LogP contribution in [-0.2, 0) is 6.54 Å². The van der Waals surface area contributed by atoms with E-state index in [1.54, 1.807) is 6.07 Å². The summed E-state index contributed by atoms with van der Waals surface area (Å²) in [6.45, 7) is 4.30. The van der Waals surface area contributed by atoms with Crippen LogP contribution in [0.15, 0.2) is 24.3 Å². The first-order valence-electron chi connectivity index (χ1n) is 6.25. The fourth-order valence-corrected chi connectivity index (χ4v) is 2.34. The van der Waals surface area contributed by atoms with Gasteiger partial charge in [-0.2, -0.15) is 0 Å². The lowest BCUT2D eigenvalue weighted by atomic mass is 9.98. The zero-order chi connectivity index (χ0) is 12.3. The summed E-state index contributed by atoms with van der Waals surface area (Å²) in [6.07, 6.45) is 2.57. The van der Waals surface area contributed by atoms with E-state index in [0.29, 0.717) is 6.54 Å². The van der Waals surface area contributed by atoms with Gasteiger partial charge in [0.15, 0.2) is 0 Å². The van der Waals surface area contributed by atoms with E-state index < -0.39 is 5.60 Å². The molecule has 0 radical (unpaired) electrons. The van der Waals surface area contributed by atoms with E-state index >= 15 is 0 Å². The number of hydrogen-bond donors (Lipinski definition) is 1. The van der Waals surface area contributed by atoms with Gasteiger partial charge in [0.1, 0.15) is 5.82 Å². The van der Waals surface area contributed by atoms with Gasteiger partial charge in [-0.3, -0.25) is 4.90 Å². The molecular formula is C14H20FNO. The van der Waals surface area contributed by atoms with Crippen LogP contribution in [0.1, 0.15) is 31.7 Å². The zero-order valence-corrected chi connectivity index (χ0v) is 10.3. The van der Waals surface area contributed by atoms with Crippen LogP contribution in [0.5, 0.6) is 0 Å². The number of halogens is 1. The van der Waals surface area contributed by atoms with E-state index in [2.05, 4.69) is 4.90 Å². The predicted molar refractivity (Wildman–Crippen MR) is 66.2 cm³/mol. The van der Waals surface area contributed by atoms with Crippen LogP contribution in [-0.4, -0.2) is 28.7 Å². The molecule has 0 aliphatic carbocycles. The Hall–Kier alpha value is -0.930. The van der Waals surface area contributed by atoms with Crippen LogP contribution >= 0.6 is 0 Å². The van der Waals surface area contributed by atoms with Crippen molar-refractivity contribution in [3.05, 3.63) is 35.6 Å². The van der Waals surface area contributed by atoms with Gasteiger partial charge in [0.05, 0.1) is 5.60 Å². The molecule has 1 aliphatic rings. The lowest BCUT2D eigenvalue weighted by molar-refractivity contribution is 0.0444. The van der Waals surface area contributed by atoms with E-state index in [4.69, 9.17) is 0 Å². The Balaban J connectivity index is 1.98. The molecule has 3 heteroatoms. The maximum absolute atomic E-state index is 13.5. The van der Waals surface area contributed by atoms with E-state index in [0.717, 1.165) is 37.9 Å². The zero-order valence-electron chi connectivity index (χ0n) is 10.3. The minimum Gasteiger partial charge on any atom is -0.390 e. The largest absolute Gasteiger partial charge is 0.390 e. The molecule has 1 aliphatic heterocycles. The quantitative estimate of drug-likeness (QED) is 0.854. The van der Waals surface area contributed by atoms with Gasteiger partial charge >= 0.3 is 0 Å². The van der Waals surface area contributed by atoms with Gasteiger partial charge in [0.25, 0.3) is 0 Å². The van der Waals surface area contributed by atoms with Crippen LogP contribution < -0.4 is 0 Å². The molecule has 0 saturated carbocycles. The highest BCUT2D eigenvalue weighted by Crippen LogP contribution is 2.22. The van der Waals surface area contributed by atoms with Gasteiger partial charge in [-0.05, 0) is 38.8 Å². The summed E-state index contributed by atoms with van der Waals surface area (Å²) in [4.78, 5) is 2.22. The highest BCUT2D eigenvalue weighted by Gasteiger charge is 2.25. The smallest absolute Gasteiger partial charge is 0.127 e. The minimum atomic E-state index is -0.552. The van der Waals surface area contributed by atoms with E-state index in [-0.39, 0.29) is 5.82 Å². The highest BCUT2D eigenvalue weighted by molar-refractivity contribution is 5.17. The van der Waals surface area contributed by atoms with Gasteiger partial charge in [0.2, 0.25) is 0 Å². The molecule has 17 heavy (non-hydrogen) atoms. The fourth-order valence-electron chi connectivity index (χ4n) is 2.34. The lowest BCUT2D eigenvalue weighted by Crippen LogP contribution is -2.28. The van der Waals surface area contributed by atoms with Crippen molar-refractivity contribution in [2.24, 2.45) is 0 Å². The second kappa shape index (κ2) is 5.15. The maximum Gasteiger partial charge on any atom is 0.127 e. The van der Waals surface area contributed by atoms with Crippen LogP contribution in [0.3, 0.4) is 0 Å². The topological polar surface area (TPSA) is 23.5 Å². The number of rotatable bonds is 2. The third-order valence-corrected chi connectivity index (χ3v) is 3.51. The standard InChI is InChI=1S/C14H20FNO/c1-14(17)7-4-9-16(10-8-14)11-12-5-2-3-6-13(12)15/h2-3,5-6,17H,4,7-11H2,1H3. The molecule has 1 fully saturated rings. The first kappa shape index (κ1) is 12.5. The molecule has 2 rings (SSSR count). The summed E-state index contributed by atoms with van der Waals surface area (Å²) in [5, 5.41) is 9.99. The summed E-state index contributed by atoms with van der Waals surface area (Å²) in [5.74, 6) is -0.136. The van der Waals surface area contributed by atoms with Crippen molar-refractivity contribution < 1.29 is 9.50 Å². The van der Waals surface area contributed by atoms with E-state index in [9.17, 15) is 9.50 Å². The monoisotopic (exact) mass is 237 g/mol. The maximum atomic E-state index is 13.5. The summed E-state index contributed by atoms with van der Waals surface area (Å²) in [6, 6.07) is 6.92. The molecule has 1 heterocycles. The van der Waals surface area contributed by atoms with Gasteiger partial charge in [-0.1, -0.05) is 18.2 Å². The minimum absolute atomic E-state index is 0.136. The molecular weight excluding hydrogens is 217 g/mol. The van der Waals surface area contributed by atoms with Gasteiger partial charge in [-0.25, -0.2) is 4.39 Å².